The fourth-order valence-corrected chi connectivity index (χ4v) is 2.22. The molecule has 2 N–H and O–H groups in total. The second-order valence-corrected chi connectivity index (χ2v) is 3.65. The van der Waals surface area contributed by atoms with E-state index in [1.54, 1.807) is 6.92 Å². The van der Waals surface area contributed by atoms with E-state index in [0.29, 0.717) is 5.37 Å². The largest absolute Gasteiger partial charge is 0.379 e. The average molecular weight is 147 g/mol. The van der Waals surface area contributed by atoms with Gasteiger partial charge in [-0.25, -0.2) is 0 Å². The molecule has 0 amide bonds. The molecule has 1 heterocycles. The molecule has 1 aliphatic heterocycles. The van der Waals surface area contributed by atoms with Gasteiger partial charge >= 0.3 is 0 Å². The molecule has 54 valence electrons. The molecular formula is C6H13NOS. The van der Waals surface area contributed by atoms with E-state index in [1.165, 1.54) is 18.6 Å². The van der Waals surface area contributed by atoms with Crippen molar-refractivity contribution in [2.24, 2.45) is 0 Å². The highest BCUT2D eigenvalue weighted by Gasteiger charge is 2.15. The van der Waals surface area contributed by atoms with Gasteiger partial charge in [0.2, 0.25) is 0 Å². The van der Waals surface area contributed by atoms with E-state index in [2.05, 4.69) is 5.32 Å². The van der Waals surface area contributed by atoms with E-state index < -0.39 is 0 Å². The molecule has 2 nitrogen and oxygen atoms in total. The van der Waals surface area contributed by atoms with Crippen LogP contribution in [0.3, 0.4) is 0 Å². The van der Waals surface area contributed by atoms with E-state index >= 15 is 0 Å². The van der Waals surface area contributed by atoms with Crippen LogP contribution in [0.25, 0.3) is 0 Å². The van der Waals surface area contributed by atoms with E-state index in [1.807, 2.05) is 11.8 Å². The van der Waals surface area contributed by atoms with Gasteiger partial charge in [-0.2, -0.15) is 0 Å². The number of hydrogen-bond acceptors (Lipinski definition) is 3. The zero-order valence-electron chi connectivity index (χ0n) is 5.63. The maximum atomic E-state index is 8.89. The number of aliphatic hydroxyl groups excluding tert-OH is 1. The molecule has 0 aromatic carbocycles. The highest BCUT2D eigenvalue weighted by Crippen LogP contribution is 2.23. The van der Waals surface area contributed by atoms with Crippen molar-refractivity contribution in [3.8, 4) is 0 Å². The first-order valence-corrected chi connectivity index (χ1v) is 4.39. The minimum Gasteiger partial charge on any atom is -0.379 e. The lowest BCUT2D eigenvalue weighted by Gasteiger charge is -2.12. The van der Waals surface area contributed by atoms with Crippen LogP contribution in [0.2, 0.25) is 0 Å². The van der Waals surface area contributed by atoms with Gasteiger partial charge in [0.15, 0.2) is 0 Å². The molecule has 0 aromatic heterocycles. The average Bonchev–Trinajstić information content (AvgIpc) is 2.15. The molecule has 1 rings (SSSR count). The van der Waals surface area contributed by atoms with Gasteiger partial charge in [0.25, 0.3) is 0 Å². The third kappa shape index (κ3) is 2.56. The van der Waals surface area contributed by atoms with Crippen LogP contribution in [0.15, 0.2) is 0 Å². The van der Waals surface area contributed by atoms with Crippen LogP contribution >= 0.6 is 11.8 Å². The topological polar surface area (TPSA) is 32.3 Å². The maximum absolute atomic E-state index is 8.89. The van der Waals surface area contributed by atoms with Gasteiger partial charge in [0, 0.05) is 0 Å². The van der Waals surface area contributed by atoms with Crippen LogP contribution in [0.5, 0.6) is 0 Å². The predicted octanol–water partition coefficient (Wildman–Crippen LogP) is 0.767. The fraction of sp³-hybridized carbons (Fsp3) is 1.00. The van der Waals surface area contributed by atoms with E-state index in [4.69, 9.17) is 5.11 Å². The number of nitrogens with one attached hydrogen (secondary N) is 1. The second-order valence-electron chi connectivity index (χ2n) is 2.34. The molecule has 0 spiro atoms. The number of aliphatic hydroxyl groups is 1. The number of hydrogen-bond donors (Lipinski definition) is 2. The van der Waals surface area contributed by atoms with E-state index in [-0.39, 0.29) is 6.23 Å². The minimum atomic E-state index is -0.347. The molecule has 2 atom stereocenters. The Labute approximate surface area is 60.0 Å². The molecule has 0 saturated carbocycles. The van der Waals surface area contributed by atoms with Gasteiger partial charge in [-0.15, -0.1) is 11.8 Å². The van der Waals surface area contributed by atoms with Gasteiger partial charge in [0.05, 0.1) is 5.37 Å². The number of thioether (sulfide) groups is 1. The summed E-state index contributed by atoms with van der Waals surface area (Å²) in [6, 6.07) is 0. The van der Waals surface area contributed by atoms with Crippen molar-refractivity contribution in [3.05, 3.63) is 0 Å². The molecule has 1 saturated heterocycles. The van der Waals surface area contributed by atoms with Crippen molar-refractivity contribution in [1.82, 2.24) is 5.32 Å². The van der Waals surface area contributed by atoms with Crippen molar-refractivity contribution in [2.45, 2.75) is 31.4 Å². The van der Waals surface area contributed by atoms with Gasteiger partial charge in [-0.05, 0) is 25.5 Å². The molecule has 2 unspecified atom stereocenters. The van der Waals surface area contributed by atoms with Gasteiger partial charge < -0.3 is 5.11 Å². The van der Waals surface area contributed by atoms with Crippen LogP contribution in [0.1, 0.15) is 19.8 Å². The molecule has 0 aliphatic carbocycles. The monoisotopic (exact) mass is 147 g/mol. The summed E-state index contributed by atoms with van der Waals surface area (Å²) in [6.07, 6.45) is 2.14. The lowest BCUT2D eigenvalue weighted by Crippen LogP contribution is -2.32. The Morgan fingerprint density at radius 2 is 2.56 bits per heavy atom. The first kappa shape index (κ1) is 7.38. The van der Waals surface area contributed by atoms with Crippen molar-refractivity contribution in [1.29, 1.82) is 0 Å². The van der Waals surface area contributed by atoms with E-state index in [0.717, 1.165) is 0 Å². The lowest BCUT2D eigenvalue weighted by molar-refractivity contribution is 0.153. The van der Waals surface area contributed by atoms with Crippen molar-refractivity contribution in [3.63, 3.8) is 0 Å². The summed E-state index contributed by atoms with van der Waals surface area (Å²) < 4.78 is 0. The molecule has 3 heteroatoms. The van der Waals surface area contributed by atoms with Crippen LogP contribution < -0.4 is 5.32 Å². The molecule has 9 heavy (non-hydrogen) atoms. The Kier molecular flexibility index (Phi) is 2.82. The predicted molar refractivity (Wildman–Crippen MR) is 40.3 cm³/mol. The Hall–Kier alpha value is 0.270. The minimum absolute atomic E-state index is 0.347. The molecule has 0 radical (unpaired) electrons. The Morgan fingerprint density at radius 1 is 1.78 bits per heavy atom. The highest BCUT2D eigenvalue weighted by molar-refractivity contribution is 8.00. The van der Waals surface area contributed by atoms with Crippen molar-refractivity contribution in [2.75, 3.05) is 5.75 Å². The summed E-state index contributed by atoms with van der Waals surface area (Å²) in [5, 5.41) is 12.5. The van der Waals surface area contributed by atoms with Gasteiger partial charge in [0.1, 0.15) is 6.23 Å². The Balaban J connectivity index is 2.11. The van der Waals surface area contributed by atoms with E-state index in [9.17, 15) is 0 Å². The third-order valence-electron chi connectivity index (χ3n) is 1.36. The SMILES string of the molecule is CC(O)NC1CCCS1. The van der Waals surface area contributed by atoms with Crippen molar-refractivity contribution < 1.29 is 5.11 Å². The quantitative estimate of drug-likeness (QED) is 0.566. The first-order valence-electron chi connectivity index (χ1n) is 3.35. The maximum Gasteiger partial charge on any atom is 0.102 e. The smallest absolute Gasteiger partial charge is 0.102 e. The van der Waals surface area contributed by atoms with Gasteiger partial charge in [-0.3, -0.25) is 5.32 Å². The highest BCUT2D eigenvalue weighted by atomic mass is 32.2. The third-order valence-corrected chi connectivity index (χ3v) is 2.66. The fourth-order valence-electron chi connectivity index (χ4n) is 0.978. The molecule has 0 bridgehead atoms. The normalized spacial score (nSPS) is 30.7. The molecule has 0 aromatic rings. The van der Waals surface area contributed by atoms with Crippen LogP contribution in [-0.4, -0.2) is 22.5 Å². The summed E-state index contributed by atoms with van der Waals surface area (Å²) in [5.74, 6) is 1.24. The lowest BCUT2D eigenvalue weighted by atomic mass is 10.3. The first-order chi connectivity index (χ1) is 4.29. The Morgan fingerprint density at radius 3 is 3.00 bits per heavy atom. The van der Waals surface area contributed by atoms with Crippen LogP contribution in [-0.2, 0) is 0 Å². The van der Waals surface area contributed by atoms with Gasteiger partial charge in [-0.1, -0.05) is 0 Å². The molecule has 1 aliphatic rings. The zero-order chi connectivity index (χ0) is 6.69. The molecular weight excluding hydrogens is 134 g/mol. The second kappa shape index (κ2) is 3.44. The molecule has 1 fully saturated rings. The Bertz CT molecular complexity index is 81.1. The summed E-state index contributed by atoms with van der Waals surface area (Å²) in [4.78, 5) is 0. The summed E-state index contributed by atoms with van der Waals surface area (Å²) in [5.41, 5.74) is 0. The number of rotatable bonds is 2. The van der Waals surface area contributed by atoms with Crippen molar-refractivity contribution >= 4 is 11.8 Å². The summed E-state index contributed by atoms with van der Waals surface area (Å²) in [7, 11) is 0. The van der Waals surface area contributed by atoms with Crippen LogP contribution in [0.4, 0.5) is 0 Å². The van der Waals surface area contributed by atoms with Crippen LogP contribution in [0, 0.1) is 0 Å². The standard InChI is InChI=1S/C6H13NOS/c1-5(8)7-6-3-2-4-9-6/h5-8H,2-4H2,1H3. The summed E-state index contributed by atoms with van der Waals surface area (Å²) >= 11 is 1.90. The zero-order valence-corrected chi connectivity index (χ0v) is 6.45. The summed E-state index contributed by atoms with van der Waals surface area (Å²) in [6.45, 7) is 1.76.